The van der Waals surface area contributed by atoms with Crippen LogP contribution in [0.1, 0.15) is 57.6 Å². The molecule has 198 valence electrons. The number of allylic oxidation sites excluding steroid dienone is 2. The van der Waals surface area contributed by atoms with Crippen molar-refractivity contribution in [1.82, 2.24) is 4.31 Å². The third-order valence-electron chi connectivity index (χ3n) is 5.66. The number of azo groups is 1. The van der Waals surface area contributed by atoms with E-state index in [9.17, 15) is 22.5 Å². The standard InChI is InChI=1S/C25H26F2N4O2S.C3H8/c1-3-31(34(32,33)24-13-5-4-10-20(24)16-28)17-19-9-6-8-18(14-19)15-23(30-29-2)25-21(26)11-7-12-22(25)27;1-3-2/h4-5,7,10-15,19H,3,6,8-9,17H2,1-2H3;3H2,1-2H3/b23-15-,30-29?;. The number of benzene rings is 2. The molecule has 3 rings (SSSR count). The molecule has 9 heteroatoms. The molecule has 1 aliphatic rings. The first-order valence-corrected chi connectivity index (χ1v) is 13.8. The summed E-state index contributed by atoms with van der Waals surface area (Å²) in [4.78, 5) is -0.0140. The zero-order valence-corrected chi connectivity index (χ0v) is 22.6. The molecule has 0 radical (unpaired) electrons. The van der Waals surface area contributed by atoms with E-state index in [0.29, 0.717) is 6.42 Å². The minimum Gasteiger partial charge on any atom is -0.207 e. The van der Waals surface area contributed by atoms with Crippen LogP contribution < -0.4 is 0 Å². The smallest absolute Gasteiger partial charge is 0.207 e. The number of nitrogens with zero attached hydrogens (tertiary/aromatic N) is 4. The van der Waals surface area contributed by atoms with E-state index in [0.717, 1.165) is 18.4 Å². The molecule has 1 aliphatic carbocycles. The van der Waals surface area contributed by atoms with Crippen molar-refractivity contribution in [2.45, 2.75) is 51.3 Å². The Kier molecular flexibility index (Phi) is 11.8. The van der Waals surface area contributed by atoms with Crippen molar-refractivity contribution in [3.63, 3.8) is 0 Å². The van der Waals surface area contributed by atoms with Crippen molar-refractivity contribution in [3.05, 3.63) is 83.0 Å². The summed E-state index contributed by atoms with van der Waals surface area (Å²) in [6.07, 6.45) is 7.02. The molecule has 0 bridgehead atoms. The number of nitriles is 1. The fourth-order valence-corrected chi connectivity index (χ4v) is 5.71. The molecule has 0 saturated heterocycles. The Labute approximate surface area is 219 Å². The van der Waals surface area contributed by atoms with Crippen LogP contribution in [0.15, 0.2) is 75.3 Å². The maximum absolute atomic E-state index is 14.3. The van der Waals surface area contributed by atoms with Gasteiger partial charge in [0.2, 0.25) is 10.0 Å². The van der Waals surface area contributed by atoms with E-state index in [1.54, 1.807) is 25.1 Å². The van der Waals surface area contributed by atoms with Crippen LogP contribution in [-0.2, 0) is 10.0 Å². The zero-order chi connectivity index (χ0) is 27.4. The first-order valence-electron chi connectivity index (χ1n) is 12.4. The van der Waals surface area contributed by atoms with Gasteiger partial charge in [-0.15, -0.1) is 0 Å². The number of halogens is 2. The number of hydrogen-bond acceptors (Lipinski definition) is 5. The average Bonchev–Trinajstić information content (AvgIpc) is 2.88. The average molecular weight is 529 g/mol. The third-order valence-corrected chi connectivity index (χ3v) is 7.65. The second-order valence-electron chi connectivity index (χ2n) is 8.59. The van der Waals surface area contributed by atoms with Gasteiger partial charge in [0.25, 0.3) is 0 Å². The van der Waals surface area contributed by atoms with Crippen molar-refractivity contribution in [2.75, 3.05) is 20.1 Å². The molecule has 0 amide bonds. The highest BCUT2D eigenvalue weighted by atomic mass is 32.2. The summed E-state index contributed by atoms with van der Waals surface area (Å²) in [5, 5.41) is 17.0. The topological polar surface area (TPSA) is 85.9 Å². The van der Waals surface area contributed by atoms with Crippen LogP contribution in [0.2, 0.25) is 0 Å². The quantitative estimate of drug-likeness (QED) is 0.342. The lowest BCUT2D eigenvalue weighted by Crippen LogP contribution is -2.35. The largest absolute Gasteiger partial charge is 0.244 e. The van der Waals surface area contributed by atoms with Crippen molar-refractivity contribution in [1.29, 1.82) is 5.26 Å². The van der Waals surface area contributed by atoms with Crippen LogP contribution in [0.3, 0.4) is 0 Å². The molecular weight excluding hydrogens is 494 g/mol. The molecular formula is C28H34F2N4O2S. The molecule has 0 fully saturated rings. The Morgan fingerprint density at radius 1 is 1.14 bits per heavy atom. The summed E-state index contributed by atoms with van der Waals surface area (Å²) in [5.41, 5.74) is 0.743. The fourth-order valence-electron chi connectivity index (χ4n) is 4.06. The van der Waals surface area contributed by atoms with E-state index in [1.807, 2.05) is 12.1 Å². The zero-order valence-electron chi connectivity index (χ0n) is 21.8. The highest BCUT2D eigenvalue weighted by Crippen LogP contribution is 2.31. The van der Waals surface area contributed by atoms with Gasteiger partial charge in [-0.2, -0.15) is 19.8 Å². The lowest BCUT2D eigenvalue weighted by molar-refractivity contribution is 0.364. The Morgan fingerprint density at radius 3 is 2.38 bits per heavy atom. The maximum Gasteiger partial charge on any atom is 0.244 e. The first-order chi connectivity index (χ1) is 17.7. The van der Waals surface area contributed by atoms with Gasteiger partial charge >= 0.3 is 0 Å². The van der Waals surface area contributed by atoms with Gasteiger partial charge in [0.15, 0.2) is 0 Å². The van der Waals surface area contributed by atoms with Crippen molar-refractivity contribution in [3.8, 4) is 6.07 Å². The summed E-state index contributed by atoms with van der Waals surface area (Å²) in [6.45, 7) is 6.47. The number of rotatable bonds is 8. The van der Waals surface area contributed by atoms with E-state index in [-0.39, 0.29) is 40.7 Å². The minimum absolute atomic E-state index is 0.0140. The maximum atomic E-state index is 14.3. The molecule has 0 heterocycles. The van der Waals surface area contributed by atoms with E-state index in [4.69, 9.17) is 0 Å². The Balaban J connectivity index is 0.00000153. The summed E-state index contributed by atoms with van der Waals surface area (Å²) in [5.74, 6) is -1.56. The number of hydrogen-bond donors (Lipinski definition) is 0. The Hall–Kier alpha value is -3.22. The molecule has 6 nitrogen and oxygen atoms in total. The van der Waals surface area contributed by atoms with Crippen molar-refractivity contribution in [2.24, 2.45) is 16.1 Å². The molecule has 0 aromatic heterocycles. The van der Waals surface area contributed by atoms with Crippen LogP contribution in [0.4, 0.5) is 8.78 Å². The normalized spacial score (nSPS) is 16.2. The molecule has 0 spiro atoms. The van der Waals surface area contributed by atoms with Crippen LogP contribution in [-0.4, -0.2) is 32.9 Å². The summed E-state index contributed by atoms with van der Waals surface area (Å²) in [7, 11) is -2.44. The van der Waals surface area contributed by atoms with Gasteiger partial charge in [-0.1, -0.05) is 51.5 Å². The van der Waals surface area contributed by atoms with E-state index >= 15 is 0 Å². The lowest BCUT2D eigenvalue weighted by Gasteiger charge is -2.27. The van der Waals surface area contributed by atoms with Gasteiger partial charge in [-0.05, 0) is 61.1 Å². The second-order valence-corrected chi connectivity index (χ2v) is 10.5. The highest BCUT2D eigenvalue weighted by molar-refractivity contribution is 7.89. The summed E-state index contributed by atoms with van der Waals surface area (Å²) >= 11 is 0. The molecule has 1 unspecified atom stereocenters. The fraction of sp³-hybridized carbons (Fsp3) is 0.393. The predicted octanol–water partition coefficient (Wildman–Crippen LogP) is 7.11. The van der Waals surface area contributed by atoms with Crippen LogP contribution in [0.25, 0.3) is 5.70 Å². The van der Waals surface area contributed by atoms with E-state index < -0.39 is 21.7 Å². The molecule has 2 aromatic rings. The minimum atomic E-state index is -3.86. The molecule has 37 heavy (non-hydrogen) atoms. The molecule has 2 aromatic carbocycles. The van der Waals surface area contributed by atoms with Crippen molar-refractivity contribution < 1.29 is 17.2 Å². The SMILES string of the molecule is CCC.CCN(CC1C=C(/C=C(\N=NC)c2c(F)cccc2F)CCC1)S(=O)(=O)c1ccccc1C#N. The van der Waals surface area contributed by atoms with E-state index in [1.165, 1.54) is 48.1 Å². The predicted molar refractivity (Wildman–Crippen MR) is 142 cm³/mol. The van der Waals surface area contributed by atoms with Crippen LogP contribution in [0, 0.1) is 28.9 Å². The molecule has 0 N–H and O–H groups in total. The van der Waals surface area contributed by atoms with Gasteiger partial charge in [0.1, 0.15) is 17.7 Å². The monoisotopic (exact) mass is 528 g/mol. The summed E-state index contributed by atoms with van der Waals surface area (Å²) in [6, 6.07) is 11.7. The molecule has 0 saturated carbocycles. The van der Waals surface area contributed by atoms with E-state index in [2.05, 4.69) is 24.1 Å². The van der Waals surface area contributed by atoms with Gasteiger partial charge in [0, 0.05) is 20.1 Å². The second kappa shape index (κ2) is 14.5. The lowest BCUT2D eigenvalue weighted by atomic mass is 9.89. The van der Waals surface area contributed by atoms with Crippen molar-refractivity contribution >= 4 is 15.7 Å². The highest BCUT2D eigenvalue weighted by Gasteiger charge is 2.28. The van der Waals surface area contributed by atoms with Crippen LogP contribution in [0.5, 0.6) is 0 Å². The Morgan fingerprint density at radius 2 is 1.78 bits per heavy atom. The number of sulfonamides is 1. The first kappa shape index (κ1) is 30.0. The molecule has 1 atom stereocenters. The van der Waals surface area contributed by atoms with Crippen LogP contribution >= 0.6 is 0 Å². The third kappa shape index (κ3) is 7.88. The van der Waals surface area contributed by atoms with Gasteiger partial charge in [-0.25, -0.2) is 17.2 Å². The van der Waals surface area contributed by atoms with Gasteiger partial charge < -0.3 is 0 Å². The summed E-state index contributed by atoms with van der Waals surface area (Å²) < 4.78 is 56.5. The Bertz CT molecular complexity index is 1280. The van der Waals surface area contributed by atoms with Gasteiger partial charge in [0.05, 0.1) is 21.7 Å². The van der Waals surface area contributed by atoms with Gasteiger partial charge in [-0.3, -0.25) is 0 Å². The molecule has 0 aliphatic heterocycles.